The van der Waals surface area contributed by atoms with Crippen LogP contribution in [0.1, 0.15) is 24.1 Å². The number of benzene rings is 1. The number of nitrogens with zero attached hydrogens (tertiary/aromatic N) is 3. The molecule has 1 aromatic carbocycles. The second-order valence-electron chi connectivity index (χ2n) is 6.00. The Morgan fingerprint density at radius 1 is 1.17 bits per heavy atom. The first kappa shape index (κ1) is 16.9. The number of aryl methyl sites for hydroxylation is 1. The van der Waals surface area contributed by atoms with Gasteiger partial charge in [-0.15, -0.1) is 0 Å². The number of aromatic nitrogens is 2. The zero-order valence-electron chi connectivity index (χ0n) is 13.1. The van der Waals surface area contributed by atoms with Gasteiger partial charge in [0.05, 0.1) is 0 Å². The first-order valence-electron chi connectivity index (χ1n) is 7.95. The fourth-order valence-corrected chi connectivity index (χ4v) is 41.2. The number of rotatable bonds is 3. The Kier molecular flexibility index (Phi) is 5.71. The van der Waals surface area contributed by atoms with E-state index < -0.39 is 24.2 Å². The van der Waals surface area contributed by atoms with Crippen molar-refractivity contribution < 1.29 is 47.7 Å². The fourth-order valence-electron chi connectivity index (χ4n) is 3.09. The van der Waals surface area contributed by atoms with Gasteiger partial charge in [0.15, 0.2) is 0 Å². The van der Waals surface area contributed by atoms with Crippen molar-refractivity contribution in [1.82, 2.24) is 14.9 Å². The first-order valence-corrected chi connectivity index (χ1v) is 26.1. The Balaban J connectivity index is 1.64. The maximum atomic E-state index is 5.05. The zero-order valence-corrected chi connectivity index (χ0v) is 21.6. The van der Waals surface area contributed by atoms with Crippen LogP contribution in [0, 0.1) is 33.4 Å². The molecule has 0 radical (unpaired) electrons. The van der Waals surface area contributed by atoms with Crippen molar-refractivity contribution in [3.63, 3.8) is 0 Å². The summed E-state index contributed by atoms with van der Waals surface area (Å²) in [4.78, 5) is 12.5. The number of likely N-dealkylation sites (tertiary alicyclic amines) is 1. The van der Waals surface area contributed by atoms with Crippen LogP contribution < -0.4 is 5.35 Å². The molecule has 0 aliphatic carbocycles. The minimum absolute atomic E-state index is 0.0869. The van der Waals surface area contributed by atoms with E-state index in [2.05, 4.69) is 40.6 Å². The van der Waals surface area contributed by atoms with E-state index in [1.807, 2.05) is 0 Å². The molecule has 3 heterocycles. The Morgan fingerprint density at radius 3 is 2.74 bits per heavy atom. The SMILES string of the molecule is Cc1nc2[c](nc1-c1ccc(CN3CCCC3)cc1)=[U][V]=[W][CH]=2. The molecule has 2 aliphatic rings. The molecule has 0 saturated carbocycles. The van der Waals surface area contributed by atoms with Crippen molar-refractivity contribution in [3.05, 3.63) is 43.2 Å². The second-order valence-corrected chi connectivity index (χ2v) is 45.1. The molecule has 1 fully saturated rings. The Bertz CT molecular complexity index is 874. The maximum absolute atomic E-state index is 5.05. The monoisotopic (exact) mass is 737 g/mol. The van der Waals surface area contributed by atoms with E-state index in [0.29, 0.717) is 0 Å². The third-order valence-electron chi connectivity index (χ3n) is 4.30. The molecule has 23 heavy (non-hydrogen) atoms. The molecule has 1 aromatic heterocycles. The normalized spacial score (nSPS) is 16.4. The van der Waals surface area contributed by atoms with Gasteiger partial charge in [-0.2, -0.15) is 0 Å². The van der Waals surface area contributed by atoms with Crippen LogP contribution in [0.5, 0.6) is 0 Å². The minimum atomic E-state index is -0.696. The summed E-state index contributed by atoms with van der Waals surface area (Å²) in [5.41, 5.74) is 4.91. The third kappa shape index (κ3) is 4.00. The summed E-state index contributed by atoms with van der Waals surface area (Å²) in [5.74, 6) is 0. The van der Waals surface area contributed by atoms with Gasteiger partial charge in [-0.1, -0.05) is 0 Å². The van der Waals surface area contributed by atoms with Crippen LogP contribution in [-0.2, 0) is 30.0 Å². The van der Waals surface area contributed by atoms with Crippen LogP contribution in [0.3, 0.4) is 0 Å². The summed E-state index contributed by atoms with van der Waals surface area (Å²) in [7, 11) is 0.770. The molecule has 0 unspecified atom stereocenters. The zero-order chi connectivity index (χ0) is 15.6. The summed E-state index contributed by atoms with van der Waals surface area (Å²) in [6.07, 6.45) is 2.72. The van der Waals surface area contributed by atoms with Gasteiger partial charge in [-0.3, -0.25) is 0 Å². The molecule has 0 amide bonds. The van der Waals surface area contributed by atoms with Gasteiger partial charge < -0.3 is 0 Å². The van der Waals surface area contributed by atoms with Gasteiger partial charge >= 0.3 is 161 Å². The van der Waals surface area contributed by atoms with Crippen LogP contribution in [0.15, 0.2) is 24.3 Å². The Labute approximate surface area is 159 Å². The number of hydrogen-bond acceptors (Lipinski definition) is 3. The van der Waals surface area contributed by atoms with Crippen LogP contribution in [0.4, 0.5) is 0 Å². The summed E-state index contributed by atoms with van der Waals surface area (Å²) < 4.78 is 3.94. The molecule has 2 aromatic rings. The van der Waals surface area contributed by atoms with Crippen molar-refractivity contribution >= 4 is 4.47 Å². The average Bonchev–Trinajstić information content (AvgIpc) is 3.08. The first-order chi connectivity index (χ1) is 11.3. The molecule has 4 rings (SSSR count). The predicted octanol–water partition coefficient (Wildman–Crippen LogP) is 2.13. The van der Waals surface area contributed by atoms with E-state index in [1.54, 1.807) is 0 Å². The quantitative estimate of drug-likeness (QED) is 0.484. The molecule has 0 N–H and O–H groups in total. The van der Waals surface area contributed by atoms with Crippen molar-refractivity contribution in [2.24, 2.45) is 0 Å². The van der Waals surface area contributed by atoms with Crippen LogP contribution in [0.2, 0.25) is 0 Å². The van der Waals surface area contributed by atoms with Crippen molar-refractivity contribution in [2.45, 2.75) is 26.3 Å². The van der Waals surface area contributed by atoms with Crippen molar-refractivity contribution in [2.75, 3.05) is 13.1 Å². The van der Waals surface area contributed by atoms with E-state index in [9.17, 15) is 0 Å². The summed E-state index contributed by atoms with van der Waals surface area (Å²) in [6, 6.07) is 9.06. The predicted molar refractivity (Wildman–Crippen MR) is 79.6 cm³/mol. The molecular formula is C17H18N3UVW. The van der Waals surface area contributed by atoms with Crippen molar-refractivity contribution in [3.8, 4) is 11.3 Å². The van der Waals surface area contributed by atoms with Gasteiger partial charge in [0.25, 0.3) is 0 Å². The van der Waals surface area contributed by atoms with Crippen LogP contribution >= 0.6 is 0 Å². The Hall–Kier alpha value is 0.455. The van der Waals surface area contributed by atoms with E-state index in [0.717, 1.165) is 25.9 Å². The summed E-state index contributed by atoms with van der Waals surface area (Å²) >= 11 is -0.783. The standard InChI is InChI=1S/C17H18N3.U.V.W/c1-13-11-18-17(14(2)19-13)16-7-5-15(6-8-16)12-20-9-3-4-10-20;;;/h1,5-8H,3-4,9-10,12H2,2H3;;;. The summed E-state index contributed by atoms with van der Waals surface area (Å²) in [5, 5.41) is 1.29. The Morgan fingerprint density at radius 2 is 1.96 bits per heavy atom. The fraction of sp³-hybridized carbons (Fsp3) is 0.353. The third-order valence-corrected chi connectivity index (χ3v) is 43.2. The summed E-state index contributed by atoms with van der Waals surface area (Å²) in [6.45, 7) is 5.73. The molecule has 1 saturated heterocycles. The van der Waals surface area contributed by atoms with Crippen LogP contribution in [0.25, 0.3) is 15.7 Å². The van der Waals surface area contributed by atoms with Gasteiger partial charge in [-0.25, -0.2) is 0 Å². The van der Waals surface area contributed by atoms with Gasteiger partial charge in [0.1, 0.15) is 0 Å². The average molecular weight is 737 g/mol. The molecule has 0 spiro atoms. The number of fused-ring (bicyclic) bond motifs is 1. The molecule has 0 atom stereocenters. The van der Waals surface area contributed by atoms with Crippen LogP contribution in [-0.4, -0.2) is 28.0 Å². The molecule has 116 valence electrons. The van der Waals surface area contributed by atoms with Gasteiger partial charge in [0, 0.05) is 0 Å². The van der Waals surface area contributed by atoms with E-state index in [-0.39, 0.29) is 15.6 Å². The molecule has 2 aliphatic heterocycles. The second kappa shape index (κ2) is 7.78. The molecular weight excluding hydrogens is 719 g/mol. The molecule has 3 nitrogen and oxygen atoms in total. The molecule has 0 bridgehead atoms. The van der Waals surface area contributed by atoms with E-state index >= 15 is 0 Å². The van der Waals surface area contributed by atoms with Crippen molar-refractivity contribution in [1.29, 1.82) is 0 Å². The van der Waals surface area contributed by atoms with E-state index in [4.69, 9.17) is 9.97 Å². The van der Waals surface area contributed by atoms with Gasteiger partial charge in [0.2, 0.25) is 0 Å². The van der Waals surface area contributed by atoms with Gasteiger partial charge in [-0.05, 0) is 0 Å². The molecule has 6 heteroatoms. The van der Waals surface area contributed by atoms with E-state index in [1.165, 1.54) is 44.7 Å². The topological polar surface area (TPSA) is 29.0 Å². The number of hydrogen-bond donors (Lipinski definition) is 0.